The van der Waals surface area contributed by atoms with E-state index in [4.69, 9.17) is 0 Å². The van der Waals surface area contributed by atoms with Crippen molar-refractivity contribution in [2.24, 2.45) is 142 Å². The second-order valence-electron chi connectivity index (χ2n) is 29.5. The molecule has 0 aromatic rings. The van der Waals surface area contributed by atoms with Gasteiger partial charge in [0.2, 0.25) is 0 Å². The van der Waals surface area contributed by atoms with Crippen molar-refractivity contribution in [3.05, 3.63) is 0 Å². The predicted octanol–water partition coefficient (Wildman–Crippen LogP) is 19.3. The van der Waals surface area contributed by atoms with Gasteiger partial charge in [-0.25, -0.2) is 0 Å². The molecule has 22 atom stereocenters. The monoisotopic (exact) mass is 901 g/mol. The Morgan fingerprint density at radius 3 is 0.773 bits per heavy atom. The van der Waals surface area contributed by atoms with Gasteiger partial charge in [-0.05, 0) is 232 Å². The van der Waals surface area contributed by atoms with Gasteiger partial charge in [-0.1, -0.05) is 180 Å². The molecule has 0 bridgehead atoms. The molecule has 0 radical (unpaired) electrons. The molecule has 0 heteroatoms. The average Bonchev–Trinajstić information content (AvgIpc) is 3.40. The normalized spacial score (nSPS) is 52.9. The molecule has 22 unspecified atom stereocenters. The molecule has 0 aliphatic heterocycles. The predicted molar refractivity (Wildman–Crippen MR) is 278 cm³/mol. The molecule has 13 fully saturated rings. The molecule has 0 saturated heterocycles. The molecule has 372 valence electrons. The lowest BCUT2D eigenvalue weighted by Crippen LogP contribution is -2.63. The SMILES string of the molecule is C1CCC(C2C(C3CCC4CCCCC4C3)C(C3CCC4CCCCC4C3)C(C3CCCCC3)C(C3CC4CCCCC4C4CCCCC43)C2C2CC3CCCCC3C3CCCCC32)CC1. The van der Waals surface area contributed by atoms with E-state index >= 15 is 0 Å². The summed E-state index contributed by atoms with van der Waals surface area (Å²) in [6, 6.07) is 0. The van der Waals surface area contributed by atoms with E-state index in [0.717, 1.165) is 142 Å². The van der Waals surface area contributed by atoms with Gasteiger partial charge >= 0.3 is 0 Å². The molecule has 0 amide bonds. The maximum atomic E-state index is 1.74. The summed E-state index contributed by atoms with van der Waals surface area (Å²) in [5.41, 5.74) is 0. The van der Waals surface area contributed by atoms with Gasteiger partial charge in [-0.15, -0.1) is 0 Å². The van der Waals surface area contributed by atoms with Crippen LogP contribution in [-0.4, -0.2) is 0 Å². The summed E-state index contributed by atoms with van der Waals surface area (Å²) >= 11 is 0. The molecule has 0 heterocycles. The van der Waals surface area contributed by atoms with Crippen LogP contribution in [0.4, 0.5) is 0 Å². The Hall–Kier alpha value is 0. The second-order valence-corrected chi connectivity index (χ2v) is 29.5. The van der Waals surface area contributed by atoms with E-state index in [1.165, 1.54) is 0 Å². The van der Waals surface area contributed by atoms with Crippen LogP contribution >= 0.6 is 0 Å². The standard InChI is InChI=1S/C66H108/c1-3-21-45(22-4-1)61-63(51-37-35-43-19-7-9-25-47(43)39-51)64(52-38-36-44-20-8-10-26-48(44)40-52)62(46-23-5-2-6-24-46)66(60-42-50-28-12-14-30-54(50)56-32-16-18-34-58(56)60)65(61)59-41-49-27-11-13-29-53(49)55-31-15-17-33-57(55)59/h43-66H,1-42H2. The summed E-state index contributed by atoms with van der Waals surface area (Å²) in [5.74, 6) is 26.6. The maximum absolute atomic E-state index is 1.74. The summed E-state index contributed by atoms with van der Waals surface area (Å²) in [5, 5.41) is 0. The minimum atomic E-state index is 1.08. The Morgan fingerprint density at radius 2 is 0.379 bits per heavy atom. The third-order valence-electron chi connectivity index (χ3n) is 27.3. The van der Waals surface area contributed by atoms with Crippen LogP contribution in [0.2, 0.25) is 0 Å². The van der Waals surface area contributed by atoms with Gasteiger partial charge in [-0.2, -0.15) is 0 Å². The fourth-order valence-corrected chi connectivity index (χ4v) is 25.4. The molecule has 13 aliphatic carbocycles. The summed E-state index contributed by atoms with van der Waals surface area (Å²) in [7, 11) is 0. The molecule has 13 saturated carbocycles. The van der Waals surface area contributed by atoms with E-state index in [-0.39, 0.29) is 0 Å². The van der Waals surface area contributed by atoms with E-state index in [2.05, 4.69) is 0 Å². The van der Waals surface area contributed by atoms with Crippen LogP contribution in [0.5, 0.6) is 0 Å². The minimum Gasteiger partial charge on any atom is -0.0533 e. The van der Waals surface area contributed by atoms with E-state index in [0.29, 0.717) is 0 Å². The van der Waals surface area contributed by atoms with Gasteiger partial charge in [0, 0.05) is 0 Å². The van der Waals surface area contributed by atoms with Gasteiger partial charge in [0.15, 0.2) is 0 Å². The molecule has 0 N–H and O–H groups in total. The first-order valence-electron chi connectivity index (χ1n) is 32.8. The van der Waals surface area contributed by atoms with Crippen molar-refractivity contribution in [3.8, 4) is 0 Å². The Labute approximate surface area is 409 Å². The van der Waals surface area contributed by atoms with Crippen LogP contribution in [0.1, 0.15) is 270 Å². The maximum Gasteiger partial charge on any atom is -0.0315 e. The van der Waals surface area contributed by atoms with Crippen molar-refractivity contribution < 1.29 is 0 Å². The zero-order chi connectivity index (χ0) is 43.6. The molecule has 66 heavy (non-hydrogen) atoms. The summed E-state index contributed by atoms with van der Waals surface area (Å²) in [6.07, 6.45) is 68.4. The Morgan fingerprint density at radius 1 is 0.121 bits per heavy atom. The number of fused-ring (bicyclic) bond motifs is 8. The summed E-state index contributed by atoms with van der Waals surface area (Å²) in [6.45, 7) is 0. The fourth-order valence-electron chi connectivity index (χ4n) is 25.4. The average molecular weight is 902 g/mol. The Balaban J connectivity index is 1.02. The van der Waals surface area contributed by atoms with Gasteiger partial charge in [-0.3, -0.25) is 0 Å². The third kappa shape index (κ3) is 8.59. The molecule has 0 nitrogen and oxygen atoms in total. The van der Waals surface area contributed by atoms with Gasteiger partial charge < -0.3 is 0 Å². The van der Waals surface area contributed by atoms with Crippen LogP contribution in [-0.2, 0) is 0 Å². The smallest absolute Gasteiger partial charge is 0.0315 e. The fraction of sp³-hybridized carbons (Fsp3) is 1.00. The van der Waals surface area contributed by atoms with Crippen molar-refractivity contribution in [2.75, 3.05) is 0 Å². The molecular weight excluding hydrogens is 793 g/mol. The Bertz CT molecular complexity index is 1430. The van der Waals surface area contributed by atoms with E-state index in [1.54, 1.807) is 270 Å². The van der Waals surface area contributed by atoms with Crippen molar-refractivity contribution in [1.82, 2.24) is 0 Å². The largest absolute Gasteiger partial charge is 0.0533 e. The number of rotatable bonds is 6. The van der Waals surface area contributed by atoms with E-state index < -0.39 is 0 Å². The van der Waals surface area contributed by atoms with E-state index in [9.17, 15) is 0 Å². The molecule has 0 aromatic heterocycles. The lowest BCUT2D eigenvalue weighted by molar-refractivity contribution is -0.203. The van der Waals surface area contributed by atoms with Crippen molar-refractivity contribution in [3.63, 3.8) is 0 Å². The number of hydrogen-bond acceptors (Lipinski definition) is 0. The Kier molecular flexibility index (Phi) is 14.2. The molecule has 13 aliphatic rings. The highest BCUT2D eigenvalue weighted by Crippen LogP contribution is 2.71. The molecule has 13 rings (SSSR count). The lowest BCUT2D eigenvalue weighted by atomic mass is 9.36. The van der Waals surface area contributed by atoms with Crippen LogP contribution in [0.25, 0.3) is 0 Å². The first kappa shape index (κ1) is 45.8. The molecule has 0 spiro atoms. The van der Waals surface area contributed by atoms with Crippen molar-refractivity contribution in [2.45, 2.75) is 270 Å². The first-order chi connectivity index (χ1) is 32.8. The molecular formula is C66H108. The highest BCUT2D eigenvalue weighted by atomic mass is 14.7. The van der Waals surface area contributed by atoms with Crippen LogP contribution in [0.3, 0.4) is 0 Å². The second kappa shape index (κ2) is 20.5. The van der Waals surface area contributed by atoms with Gasteiger partial charge in [0.1, 0.15) is 0 Å². The lowest BCUT2D eigenvalue weighted by Gasteiger charge is -2.68. The summed E-state index contributed by atoms with van der Waals surface area (Å²) < 4.78 is 0. The third-order valence-corrected chi connectivity index (χ3v) is 27.3. The zero-order valence-electron chi connectivity index (χ0n) is 43.6. The first-order valence-corrected chi connectivity index (χ1v) is 32.8. The highest BCUT2D eigenvalue weighted by molar-refractivity contribution is 5.13. The number of hydrogen-bond donors (Lipinski definition) is 0. The minimum absolute atomic E-state index is 1.08. The summed E-state index contributed by atoms with van der Waals surface area (Å²) in [4.78, 5) is 0. The van der Waals surface area contributed by atoms with Crippen molar-refractivity contribution in [1.29, 1.82) is 0 Å². The zero-order valence-corrected chi connectivity index (χ0v) is 43.6. The van der Waals surface area contributed by atoms with Crippen molar-refractivity contribution >= 4 is 0 Å². The van der Waals surface area contributed by atoms with E-state index in [1.807, 2.05) is 0 Å². The van der Waals surface area contributed by atoms with Crippen LogP contribution in [0.15, 0.2) is 0 Å². The van der Waals surface area contributed by atoms with Gasteiger partial charge in [0.05, 0.1) is 0 Å². The van der Waals surface area contributed by atoms with Crippen LogP contribution < -0.4 is 0 Å². The molecule has 0 aromatic carbocycles. The topological polar surface area (TPSA) is 0 Å². The quantitative estimate of drug-likeness (QED) is 0.249. The van der Waals surface area contributed by atoms with Crippen LogP contribution in [0, 0.1) is 142 Å². The highest BCUT2D eigenvalue weighted by Gasteiger charge is 2.65. The van der Waals surface area contributed by atoms with Gasteiger partial charge in [0.25, 0.3) is 0 Å².